The lowest BCUT2D eigenvalue weighted by molar-refractivity contribution is -0.114. The Labute approximate surface area is 103 Å². The fourth-order valence-electron chi connectivity index (χ4n) is 0.892. The molecule has 0 fully saturated rings. The molecule has 0 bridgehead atoms. The van der Waals surface area contributed by atoms with Crippen molar-refractivity contribution in [1.82, 2.24) is 20.2 Å². The van der Waals surface area contributed by atoms with E-state index in [9.17, 15) is 13.2 Å². The summed E-state index contributed by atoms with van der Waals surface area (Å²) in [5, 5.41) is 12.4. The van der Waals surface area contributed by atoms with E-state index in [1.165, 1.54) is 6.92 Å². The van der Waals surface area contributed by atoms with Gasteiger partial charge in [0.2, 0.25) is 15.4 Å². The number of carbonyl (C=O) groups excluding carboxylic acids is 1. The number of likely N-dealkylation sites (N-methyl/N-ethyl adjacent to an activating group) is 1. The number of rotatable bonds is 6. The fraction of sp³-hybridized carbons (Fsp3) is 0.571. The molecule has 17 heavy (non-hydrogen) atoms. The first-order chi connectivity index (χ1) is 7.95. The van der Waals surface area contributed by atoms with Crippen molar-refractivity contribution in [1.29, 1.82) is 0 Å². The highest BCUT2D eigenvalue weighted by Crippen LogP contribution is 2.19. The number of hydrogen-bond acceptors (Lipinski definition) is 7. The van der Waals surface area contributed by atoms with E-state index in [1.807, 2.05) is 0 Å². The Kier molecular flexibility index (Phi) is 4.93. The molecule has 0 unspecified atom stereocenters. The highest BCUT2D eigenvalue weighted by Gasteiger charge is 2.19. The maximum atomic E-state index is 11.7. The second-order valence-corrected chi connectivity index (χ2v) is 5.97. The molecule has 0 saturated heterocycles. The van der Waals surface area contributed by atoms with Gasteiger partial charge >= 0.3 is 0 Å². The van der Waals surface area contributed by atoms with Gasteiger partial charge < -0.3 is 10.6 Å². The zero-order chi connectivity index (χ0) is 12.9. The van der Waals surface area contributed by atoms with Crippen LogP contribution in [-0.4, -0.2) is 44.7 Å². The predicted molar refractivity (Wildman–Crippen MR) is 63.3 cm³/mol. The number of amides is 1. The van der Waals surface area contributed by atoms with E-state index in [0.29, 0.717) is 6.54 Å². The Balaban J connectivity index is 2.71. The molecule has 10 heteroatoms. The topological polar surface area (TPSA) is 113 Å². The summed E-state index contributed by atoms with van der Waals surface area (Å²) < 4.78 is 25.5. The summed E-state index contributed by atoms with van der Waals surface area (Å²) in [6.45, 7) is 2.07. The molecule has 8 nitrogen and oxygen atoms in total. The Morgan fingerprint density at radius 1 is 1.35 bits per heavy atom. The molecule has 0 atom stereocenters. The van der Waals surface area contributed by atoms with Crippen LogP contribution < -0.4 is 15.4 Å². The normalized spacial score (nSPS) is 11.4. The summed E-state index contributed by atoms with van der Waals surface area (Å²) >= 11 is 0.801. The third-order valence-corrected chi connectivity index (χ3v) is 4.25. The first kappa shape index (κ1) is 14.0. The first-order valence-electron chi connectivity index (χ1n) is 4.71. The van der Waals surface area contributed by atoms with E-state index in [1.54, 1.807) is 7.05 Å². The van der Waals surface area contributed by atoms with Gasteiger partial charge in [-0.3, -0.25) is 4.79 Å². The third-order valence-electron chi connectivity index (χ3n) is 1.59. The molecule has 1 aromatic heterocycles. The van der Waals surface area contributed by atoms with Crippen LogP contribution in [0.15, 0.2) is 4.34 Å². The summed E-state index contributed by atoms with van der Waals surface area (Å²) in [6.07, 6.45) is 0. The van der Waals surface area contributed by atoms with Crippen LogP contribution in [0.2, 0.25) is 0 Å². The zero-order valence-electron chi connectivity index (χ0n) is 9.35. The third kappa shape index (κ3) is 4.34. The Hall–Kier alpha value is -1.10. The van der Waals surface area contributed by atoms with Crippen molar-refractivity contribution >= 4 is 32.4 Å². The largest absolute Gasteiger partial charge is 0.318 e. The SMILES string of the molecule is CNCCNS(=O)(=O)c1nnc(NC(C)=O)s1. The van der Waals surface area contributed by atoms with E-state index >= 15 is 0 Å². The molecule has 0 radical (unpaired) electrons. The van der Waals surface area contributed by atoms with E-state index in [-0.39, 0.29) is 21.9 Å². The Morgan fingerprint density at radius 3 is 2.65 bits per heavy atom. The van der Waals surface area contributed by atoms with Gasteiger partial charge in [-0.05, 0) is 7.05 Å². The predicted octanol–water partition coefficient (Wildman–Crippen LogP) is -1.01. The van der Waals surface area contributed by atoms with Gasteiger partial charge in [-0.1, -0.05) is 11.3 Å². The summed E-state index contributed by atoms with van der Waals surface area (Å²) in [5.74, 6) is -0.326. The van der Waals surface area contributed by atoms with Crippen molar-refractivity contribution in [2.24, 2.45) is 0 Å². The molecular weight excluding hydrogens is 266 g/mol. The van der Waals surface area contributed by atoms with Crippen molar-refractivity contribution in [3.8, 4) is 0 Å². The lowest BCUT2D eigenvalue weighted by atomic mass is 10.7. The molecule has 0 spiro atoms. The van der Waals surface area contributed by atoms with Crippen LogP contribution in [0.4, 0.5) is 5.13 Å². The van der Waals surface area contributed by atoms with Crippen LogP contribution in [0.3, 0.4) is 0 Å². The monoisotopic (exact) mass is 279 g/mol. The van der Waals surface area contributed by atoms with Gasteiger partial charge in [0, 0.05) is 20.0 Å². The fourth-order valence-corrected chi connectivity index (χ4v) is 2.91. The highest BCUT2D eigenvalue weighted by atomic mass is 32.2. The van der Waals surface area contributed by atoms with Crippen LogP contribution in [0.1, 0.15) is 6.92 Å². The Bertz CT molecular complexity index is 483. The summed E-state index contributed by atoms with van der Waals surface area (Å²) in [5.41, 5.74) is 0. The van der Waals surface area contributed by atoms with Crippen molar-refractivity contribution in [3.63, 3.8) is 0 Å². The van der Waals surface area contributed by atoms with Crippen LogP contribution in [-0.2, 0) is 14.8 Å². The van der Waals surface area contributed by atoms with Crippen molar-refractivity contribution in [2.75, 3.05) is 25.5 Å². The van der Waals surface area contributed by atoms with Crippen LogP contribution in [0.5, 0.6) is 0 Å². The lowest BCUT2D eigenvalue weighted by Gasteiger charge is -2.01. The minimum atomic E-state index is -3.64. The second kappa shape index (κ2) is 6.00. The van der Waals surface area contributed by atoms with Crippen LogP contribution >= 0.6 is 11.3 Å². The van der Waals surface area contributed by atoms with Crippen molar-refractivity contribution < 1.29 is 13.2 Å². The molecule has 1 aromatic rings. The maximum Gasteiger partial charge on any atom is 0.269 e. The smallest absolute Gasteiger partial charge is 0.269 e. The van der Waals surface area contributed by atoms with E-state index in [0.717, 1.165) is 11.3 Å². The maximum absolute atomic E-state index is 11.7. The number of nitrogens with zero attached hydrogens (tertiary/aromatic N) is 2. The number of anilines is 1. The summed E-state index contributed by atoms with van der Waals surface area (Å²) in [7, 11) is -1.93. The number of nitrogens with one attached hydrogen (secondary N) is 3. The van der Waals surface area contributed by atoms with Gasteiger partial charge in [-0.15, -0.1) is 10.2 Å². The molecule has 96 valence electrons. The minimum absolute atomic E-state index is 0.159. The number of aromatic nitrogens is 2. The molecule has 1 rings (SSSR count). The minimum Gasteiger partial charge on any atom is -0.318 e. The van der Waals surface area contributed by atoms with Crippen molar-refractivity contribution in [2.45, 2.75) is 11.3 Å². The molecular formula is C7H13N5O3S2. The number of hydrogen-bond donors (Lipinski definition) is 3. The molecule has 1 heterocycles. The average molecular weight is 279 g/mol. The van der Waals surface area contributed by atoms with Crippen LogP contribution in [0, 0.1) is 0 Å². The van der Waals surface area contributed by atoms with E-state index in [2.05, 4.69) is 25.6 Å². The van der Waals surface area contributed by atoms with Gasteiger partial charge in [0.05, 0.1) is 0 Å². The molecule has 1 amide bonds. The molecule has 0 aromatic carbocycles. The van der Waals surface area contributed by atoms with Gasteiger partial charge in [0.25, 0.3) is 10.0 Å². The molecule has 0 aliphatic rings. The molecule has 0 saturated carbocycles. The quantitative estimate of drug-likeness (QED) is 0.454. The lowest BCUT2D eigenvalue weighted by Crippen LogP contribution is -2.30. The van der Waals surface area contributed by atoms with Gasteiger partial charge in [-0.25, -0.2) is 13.1 Å². The van der Waals surface area contributed by atoms with E-state index < -0.39 is 10.0 Å². The van der Waals surface area contributed by atoms with Crippen LogP contribution in [0.25, 0.3) is 0 Å². The summed E-state index contributed by atoms with van der Waals surface area (Å²) in [6, 6.07) is 0. The zero-order valence-corrected chi connectivity index (χ0v) is 11.0. The molecule has 0 aliphatic heterocycles. The number of carbonyl (C=O) groups is 1. The molecule has 3 N–H and O–H groups in total. The molecule has 0 aliphatic carbocycles. The summed E-state index contributed by atoms with van der Waals surface area (Å²) in [4.78, 5) is 10.7. The Morgan fingerprint density at radius 2 is 2.06 bits per heavy atom. The van der Waals surface area contributed by atoms with Gasteiger partial charge in [-0.2, -0.15) is 0 Å². The van der Waals surface area contributed by atoms with E-state index in [4.69, 9.17) is 0 Å². The van der Waals surface area contributed by atoms with Gasteiger partial charge in [0.15, 0.2) is 0 Å². The highest BCUT2D eigenvalue weighted by molar-refractivity contribution is 7.91. The van der Waals surface area contributed by atoms with Gasteiger partial charge in [0.1, 0.15) is 0 Å². The van der Waals surface area contributed by atoms with Crippen molar-refractivity contribution in [3.05, 3.63) is 0 Å². The first-order valence-corrected chi connectivity index (χ1v) is 7.01. The standard InChI is InChI=1S/C7H13N5O3S2/c1-5(13)10-6-11-12-7(16-6)17(14,15)9-4-3-8-2/h8-9H,3-4H2,1-2H3,(H,10,11,13). The second-order valence-electron chi connectivity index (χ2n) is 3.06. The average Bonchev–Trinajstić information content (AvgIpc) is 2.66. The number of sulfonamides is 1.